The van der Waals surface area contributed by atoms with E-state index >= 15 is 8.78 Å². The highest BCUT2D eigenvalue weighted by Gasteiger charge is 2.57. The minimum atomic E-state index is -3.91. The molecule has 0 atom stereocenters. The van der Waals surface area contributed by atoms with Gasteiger partial charge in [0.2, 0.25) is 50.1 Å². The number of nitrogens with zero attached hydrogens (tertiary/aromatic N) is 13. The number of pyridine rings is 3. The Bertz CT molecular complexity index is 8160. The fourth-order valence-corrected chi connectivity index (χ4v) is 27.5. The largest absolute Gasteiger partial charge is 0.396 e. The van der Waals surface area contributed by atoms with Crippen molar-refractivity contribution < 1.29 is 83.8 Å². The molecule has 5 aliphatic rings. The van der Waals surface area contributed by atoms with Crippen LogP contribution in [0.1, 0.15) is 156 Å². The van der Waals surface area contributed by atoms with Crippen LogP contribution in [0.3, 0.4) is 0 Å². The van der Waals surface area contributed by atoms with Crippen LogP contribution in [0.2, 0.25) is 25.1 Å². The van der Waals surface area contributed by atoms with Crippen molar-refractivity contribution in [3.05, 3.63) is 282 Å². The van der Waals surface area contributed by atoms with Gasteiger partial charge >= 0.3 is 0 Å². The summed E-state index contributed by atoms with van der Waals surface area (Å²) >= 11 is 40.0. The number of anilines is 5. The Morgan fingerprint density at radius 1 is 0.418 bits per heavy atom. The summed E-state index contributed by atoms with van der Waals surface area (Å²) in [4.78, 5) is 25.5. The third-order valence-electron chi connectivity index (χ3n) is 25.9. The fourth-order valence-electron chi connectivity index (χ4n) is 16.5. The molecule has 0 spiro atoms. The zero-order chi connectivity index (χ0) is 105. The molecular weight excluding hydrogens is 2560 g/mol. The summed E-state index contributed by atoms with van der Waals surface area (Å²) in [6, 6.07) is 27.1. The second-order valence-corrected chi connectivity index (χ2v) is 53.2. The number of aryl methyl sites for hydroxylation is 5. The van der Waals surface area contributed by atoms with Gasteiger partial charge in [-0.15, -0.1) is 15.3 Å². The molecule has 5 fully saturated rings. The summed E-state index contributed by atoms with van der Waals surface area (Å²) in [5.41, 5.74) is 7.29. The second kappa shape index (κ2) is 44.2. The van der Waals surface area contributed by atoms with Gasteiger partial charge in [-0.05, 0) is 301 Å². The predicted molar refractivity (Wildman–Crippen MR) is 585 cm³/mol. The number of sulfonamides is 5. The maximum absolute atomic E-state index is 15.6. The standard InChI is InChI=1S/C21H20F2IN3O3S.C19H16Cl2FN3O2S.2C19H19ClFIN4O3S.C17H15ClFIN4O2S/c1-12-15-10-18(27-31(29,30)21(4-5-21)6-7-28)16(19(23)20(15)26-11-25-12)8-13-2-3-14(24)9-17(13)22;1-10-9-23-24-19-14(10)8-17(25-28(26,27)13-4-5-13)15(18(19)22)6-11-2-3-12(20)7-16(11)21;1-26-10-23-16-15(20)13(8-11-2-3-12(22)9-14(11)21)17(24-18(16)26)25-30(28,29)19(4-5-19)6-7-27;1-11-23-24-18-17(20)14(8-12-2-3-13(22)9-15(12)21)16(10-26(11)18)25-30(28,29)19(4-5-19)6-7-27;1-24-8-21-15-14(18)12(6-9-2-3-10(20)7-13(9)19)16(22-17(15)24)23-27(25,26)11-4-5-11/h2-3,9-11,27-28H,4-8H2,1H3;2-3,7-9,13,25H,4-6H2,1H3;2-3,9-10,27H,4-8H2,1H3,(H,24,25);2-3,9-10,25,27H,4-8H2,1H3;2-3,7-8,11H,4-6H2,1H3,(H,22,23). The molecule has 0 radical (unpaired) electrons. The maximum Gasteiger partial charge on any atom is 0.239 e. The van der Waals surface area contributed by atoms with Crippen LogP contribution in [0, 0.1) is 70.0 Å². The van der Waals surface area contributed by atoms with Crippen LogP contribution in [-0.2, 0) is 96.3 Å². The Balaban J connectivity index is 0.000000131. The van der Waals surface area contributed by atoms with Gasteiger partial charge in [-0.25, -0.2) is 98.3 Å². The van der Waals surface area contributed by atoms with Crippen LogP contribution >= 0.6 is 148 Å². The van der Waals surface area contributed by atoms with E-state index in [1.807, 2.05) is 90.4 Å². The number of imidazole rings is 2. The van der Waals surface area contributed by atoms with E-state index < -0.39 is 104 Å². The van der Waals surface area contributed by atoms with Gasteiger partial charge in [0.25, 0.3) is 0 Å². The van der Waals surface area contributed by atoms with Crippen LogP contribution in [0.25, 0.3) is 49.8 Å². The lowest BCUT2D eigenvalue weighted by atomic mass is 9.99. The van der Waals surface area contributed by atoms with Crippen molar-refractivity contribution in [2.45, 2.75) is 161 Å². The third-order valence-corrected chi connectivity index (χ3v) is 40.8. The second-order valence-electron chi connectivity index (χ2n) is 36.1. The monoisotopic (exact) mass is 2650 g/mol. The molecule has 0 unspecified atom stereocenters. The van der Waals surface area contributed by atoms with Gasteiger partial charge in [0.1, 0.15) is 69.1 Å². The normalized spacial score (nSPS) is 15.1. The Kier molecular flexibility index (Phi) is 33.4. The van der Waals surface area contributed by atoms with E-state index in [2.05, 4.69) is 73.9 Å². The molecule has 7 aromatic carbocycles. The van der Waals surface area contributed by atoms with Crippen molar-refractivity contribution in [3.63, 3.8) is 0 Å². The summed E-state index contributed by atoms with van der Waals surface area (Å²) in [6.07, 6.45) is 13.1. The van der Waals surface area contributed by atoms with Crippen molar-refractivity contribution in [1.29, 1.82) is 0 Å². The molecule has 20 rings (SSSR count). The maximum atomic E-state index is 15.6. The molecule has 0 aliphatic heterocycles. The zero-order valence-corrected chi connectivity index (χ0v) is 94.1. The van der Waals surface area contributed by atoms with E-state index in [9.17, 15) is 75.0 Å². The Hall–Kier alpha value is -8.34. The van der Waals surface area contributed by atoms with E-state index in [1.165, 1.54) is 49.2 Å². The molecule has 146 heavy (non-hydrogen) atoms. The first kappa shape index (κ1) is 110. The van der Waals surface area contributed by atoms with E-state index in [-0.39, 0.29) is 148 Å². The molecule has 0 amide bonds. The first-order valence-electron chi connectivity index (χ1n) is 45.0. The fraction of sp³-hybridized carbons (Fsp3) is 0.326. The number of rotatable bonds is 31. The van der Waals surface area contributed by atoms with Gasteiger partial charge in [0, 0.05) is 141 Å². The van der Waals surface area contributed by atoms with Gasteiger partial charge in [-0.3, -0.25) is 28.0 Å². The molecule has 51 heteroatoms. The van der Waals surface area contributed by atoms with Crippen LogP contribution in [0.5, 0.6) is 0 Å². The predicted octanol–water partition coefficient (Wildman–Crippen LogP) is 20.1. The van der Waals surface area contributed by atoms with E-state index in [0.29, 0.717) is 173 Å². The molecule has 0 bridgehead atoms. The molecule has 8 aromatic heterocycles. The van der Waals surface area contributed by atoms with Crippen molar-refractivity contribution in [1.82, 2.24) is 63.8 Å². The zero-order valence-electron chi connectivity index (χ0n) is 77.7. The molecule has 5 saturated carbocycles. The molecule has 31 nitrogen and oxygen atoms in total. The average molecular weight is 2650 g/mol. The highest BCUT2D eigenvalue weighted by molar-refractivity contribution is 14.1. The number of aromatic nitrogens is 13. The topological polar surface area (TPSA) is 435 Å². The smallest absolute Gasteiger partial charge is 0.239 e. The van der Waals surface area contributed by atoms with Crippen LogP contribution in [-0.4, -0.2) is 166 Å². The highest BCUT2D eigenvalue weighted by atomic mass is 127. The first-order valence-corrected chi connectivity index (χ1v) is 58.8. The Morgan fingerprint density at radius 3 is 1.25 bits per heavy atom. The van der Waals surface area contributed by atoms with E-state index in [0.717, 1.165) is 10.7 Å². The number of hydrogen-bond acceptors (Lipinski definition) is 23. The minimum Gasteiger partial charge on any atom is -0.396 e. The average Bonchev–Trinajstić information content (AvgIpc) is 1.58. The Labute approximate surface area is 915 Å². The van der Waals surface area contributed by atoms with Crippen LogP contribution < -0.4 is 23.6 Å². The van der Waals surface area contributed by atoms with Crippen LogP contribution in [0.15, 0.2) is 135 Å². The van der Waals surface area contributed by atoms with Gasteiger partial charge in [-0.1, -0.05) is 88.3 Å². The van der Waals surface area contributed by atoms with Crippen molar-refractivity contribution >= 4 is 277 Å². The summed E-state index contributed by atoms with van der Waals surface area (Å²) in [5.74, 6) is -2.31. The van der Waals surface area contributed by atoms with Crippen LogP contribution in [0.4, 0.5) is 55.0 Å². The molecule has 8 N–H and O–H groups in total. The number of hydrogen-bond donors (Lipinski definition) is 8. The van der Waals surface area contributed by atoms with Gasteiger partial charge in [-0.2, -0.15) is 5.10 Å². The summed E-state index contributed by atoms with van der Waals surface area (Å²) < 4.78 is 235. The number of fused-ring (bicyclic) bond motifs is 5. The molecule has 0 saturated heterocycles. The molecule has 8 heterocycles. The number of benzene rings is 7. The highest BCUT2D eigenvalue weighted by Crippen LogP contribution is 2.52. The Morgan fingerprint density at radius 2 is 0.815 bits per heavy atom. The minimum absolute atomic E-state index is 0.00841. The summed E-state index contributed by atoms with van der Waals surface area (Å²) in [6.45, 7) is 4.46. The number of aliphatic hydroxyl groups excluding tert-OH is 3. The number of halogens is 15. The molecule has 772 valence electrons. The lowest BCUT2D eigenvalue weighted by Gasteiger charge is -2.20. The first-order chi connectivity index (χ1) is 69.0. The quantitative estimate of drug-likeness (QED) is 0.0148. The van der Waals surface area contributed by atoms with Gasteiger partial charge in [0.15, 0.2) is 28.6 Å². The summed E-state index contributed by atoms with van der Waals surface area (Å²) in [7, 11) is -15.2. The van der Waals surface area contributed by atoms with E-state index in [1.54, 1.807) is 134 Å². The molecule has 15 aromatic rings. The van der Waals surface area contributed by atoms with Crippen molar-refractivity contribution in [2.75, 3.05) is 43.4 Å². The molecular formula is C95H89Cl5F6I4N18O13S5. The lowest BCUT2D eigenvalue weighted by molar-refractivity contribution is 0.282. The number of aliphatic hydroxyl groups is 3. The van der Waals surface area contributed by atoms with Crippen molar-refractivity contribution in [3.8, 4) is 0 Å². The number of nitrogens with one attached hydrogen (secondary N) is 5. The van der Waals surface area contributed by atoms with Crippen molar-refractivity contribution in [2.24, 2.45) is 14.1 Å². The lowest BCUT2D eigenvalue weighted by Crippen LogP contribution is -2.31. The summed E-state index contributed by atoms with van der Waals surface area (Å²) in [5, 5.41) is 45.2. The van der Waals surface area contributed by atoms with Gasteiger partial charge < -0.3 is 24.5 Å². The van der Waals surface area contributed by atoms with E-state index in [4.69, 9.17) is 58.0 Å². The SMILES string of the molecule is Cc1cnnc2c(F)c(Cc3ccc(Cl)cc3Cl)c(NS(=O)(=O)C3CC3)cc12.Cc1ncnc2c(F)c(Cc3ccc(I)cc3F)c(NS(=O)(=O)C3(CCO)CC3)cc12.Cc1nnc2c(Cl)c(Cc3ccc(I)cc3F)c(NS(=O)(=O)C3(CCO)CC3)cn12.Cn1cnc2c(Cl)c(Cc3ccc(I)cc3F)c(NS(=O)(=O)C3(CCO)CC3)nc21.Cn1cnc2c(Cl)c(Cc3ccc(I)cc3F)c(NS(=O)(=O)C3CC3)nc21. The third kappa shape index (κ3) is 23.9. The molecule has 5 aliphatic carbocycles. The van der Waals surface area contributed by atoms with Gasteiger partial charge in [0.05, 0.1) is 75.7 Å².